The molecule has 1 aliphatic heterocycles. The average molecular weight is 333 g/mol. The second-order valence-corrected chi connectivity index (χ2v) is 6.16. The number of benzene rings is 1. The van der Waals surface area contributed by atoms with Crippen LogP contribution in [0.4, 0.5) is 0 Å². The molecule has 1 heterocycles. The first kappa shape index (κ1) is 18.4. The van der Waals surface area contributed by atoms with Gasteiger partial charge in [0.2, 0.25) is 0 Å². The molecule has 1 aliphatic rings. The van der Waals surface area contributed by atoms with E-state index in [1.54, 1.807) is 6.92 Å². The van der Waals surface area contributed by atoms with Crippen molar-refractivity contribution in [3.05, 3.63) is 35.9 Å². The van der Waals surface area contributed by atoms with Crippen LogP contribution in [-0.4, -0.2) is 67.0 Å². The number of hydrogen-bond acceptors (Lipinski definition) is 5. The molecule has 0 unspecified atom stereocenters. The predicted octanol–water partition coefficient (Wildman–Crippen LogP) is 0.872. The topological polar surface area (TPSA) is 61.9 Å². The van der Waals surface area contributed by atoms with Crippen LogP contribution in [0.15, 0.2) is 30.3 Å². The number of hydrogen-bond donors (Lipinski definition) is 1. The third kappa shape index (κ3) is 5.94. The van der Waals surface area contributed by atoms with Crippen molar-refractivity contribution in [3.63, 3.8) is 0 Å². The smallest absolute Gasteiger partial charge is 0.396 e. The van der Waals surface area contributed by atoms with Crippen LogP contribution in [0, 0.1) is 0 Å². The molecule has 1 N–H and O–H groups in total. The van der Waals surface area contributed by atoms with Gasteiger partial charge in [-0.1, -0.05) is 30.3 Å². The minimum absolute atomic E-state index is 0.0809. The Morgan fingerprint density at radius 2 is 1.75 bits per heavy atom. The standard InChI is InChI=1S/C18H27N3O3/c1-3-24-18(23)17(22)19-15(2)13-20-9-11-21(12-10-20)14-16-7-5-4-6-8-16/h4-8,15H,3,9-14H2,1-2H3,(H,19,22)/t15-/m0/s1. The van der Waals surface area contributed by atoms with Gasteiger partial charge in [0.25, 0.3) is 0 Å². The minimum atomic E-state index is -0.808. The number of rotatable bonds is 6. The fraction of sp³-hybridized carbons (Fsp3) is 0.556. The van der Waals surface area contributed by atoms with Gasteiger partial charge in [-0.3, -0.25) is 14.6 Å². The van der Waals surface area contributed by atoms with Crippen LogP contribution in [0.1, 0.15) is 19.4 Å². The molecule has 1 saturated heterocycles. The maximum atomic E-state index is 11.6. The lowest BCUT2D eigenvalue weighted by atomic mass is 10.2. The van der Waals surface area contributed by atoms with Crippen LogP contribution in [0.3, 0.4) is 0 Å². The van der Waals surface area contributed by atoms with E-state index in [4.69, 9.17) is 4.74 Å². The van der Waals surface area contributed by atoms with Gasteiger partial charge in [0.15, 0.2) is 0 Å². The van der Waals surface area contributed by atoms with E-state index in [0.717, 1.165) is 39.3 Å². The molecule has 1 atom stereocenters. The van der Waals surface area contributed by atoms with E-state index in [1.165, 1.54) is 5.56 Å². The van der Waals surface area contributed by atoms with Crippen molar-refractivity contribution in [2.24, 2.45) is 0 Å². The first-order chi connectivity index (χ1) is 11.6. The monoisotopic (exact) mass is 333 g/mol. The number of ether oxygens (including phenoxy) is 1. The van der Waals surface area contributed by atoms with Crippen LogP contribution in [0.25, 0.3) is 0 Å². The SMILES string of the molecule is CCOC(=O)C(=O)N[C@@H](C)CN1CCN(Cc2ccccc2)CC1. The van der Waals surface area contributed by atoms with Crippen molar-refractivity contribution in [2.75, 3.05) is 39.3 Å². The summed E-state index contributed by atoms with van der Waals surface area (Å²) in [6.45, 7) is 9.47. The van der Waals surface area contributed by atoms with Gasteiger partial charge in [-0.15, -0.1) is 0 Å². The van der Waals surface area contributed by atoms with Crippen LogP contribution in [-0.2, 0) is 20.9 Å². The van der Waals surface area contributed by atoms with Gasteiger partial charge in [0.05, 0.1) is 6.61 Å². The van der Waals surface area contributed by atoms with Crippen LogP contribution < -0.4 is 5.32 Å². The van der Waals surface area contributed by atoms with Gasteiger partial charge in [-0.05, 0) is 19.4 Å². The highest BCUT2D eigenvalue weighted by atomic mass is 16.5. The molecule has 6 nitrogen and oxygen atoms in total. The Morgan fingerprint density at radius 3 is 2.38 bits per heavy atom. The van der Waals surface area contributed by atoms with Crippen molar-refractivity contribution in [1.82, 2.24) is 15.1 Å². The van der Waals surface area contributed by atoms with Crippen LogP contribution >= 0.6 is 0 Å². The number of carbonyl (C=O) groups excluding carboxylic acids is 2. The first-order valence-corrected chi connectivity index (χ1v) is 8.54. The van der Waals surface area contributed by atoms with Gasteiger partial charge in [-0.25, -0.2) is 4.79 Å². The van der Waals surface area contributed by atoms with E-state index in [1.807, 2.05) is 13.0 Å². The Morgan fingerprint density at radius 1 is 1.12 bits per heavy atom. The molecule has 0 saturated carbocycles. The Kier molecular flexibility index (Phi) is 7.21. The summed E-state index contributed by atoms with van der Waals surface area (Å²) >= 11 is 0. The number of nitrogens with one attached hydrogen (secondary N) is 1. The molecule has 132 valence electrons. The van der Waals surface area contributed by atoms with Crippen LogP contribution in [0.5, 0.6) is 0 Å². The van der Waals surface area contributed by atoms with Gasteiger partial charge in [0, 0.05) is 45.3 Å². The molecule has 1 aromatic rings. The number of esters is 1. The second-order valence-electron chi connectivity index (χ2n) is 6.16. The van der Waals surface area contributed by atoms with E-state index >= 15 is 0 Å². The quantitative estimate of drug-likeness (QED) is 0.618. The summed E-state index contributed by atoms with van der Waals surface area (Å²) in [5.74, 6) is -1.47. The molecule has 24 heavy (non-hydrogen) atoms. The molecule has 0 aliphatic carbocycles. The minimum Gasteiger partial charge on any atom is -0.459 e. The van der Waals surface area contributed by atoms with Crippen molar-refractivity contribution in [2.45, 2.75) is 26.4 Å². The van der Waals surface area contributed by atoms with E-state index in [0.29, 0.717) is 0 Å². The Hall–Kier alpha value is -1.92. The van der Waals surface area contributed by atoms with Crippen molar-refractivity contribution >= 4 is 11.9 Å². The number of carbonyl (C=O) groups is 2. The lowest BCUT2D eigenvalue weighted by Crippen LogP contribution is -2.51. The lowest BCUT2D eigenvalue weighted by molar-refractivity contribution is -0.154. The maximum Gasteiger partial charge on any atom is 0.396 e. The molecule has 1 amide bonds. The highest BCUT2D eigenvalue weighted by Gasteiger charge is 2.21. The molecule has 0 radical (unpaired) electrons. The van der Waals surface area contributed by atoms with Gasteiger partial charge in [-0.2, -0.15) is 0 Å². The summed E-state index contributed by atoms with van der Waals surface area (Å²) in [6.07, 6.45) is 0. The molecule has 0 bridgehead atoms. The largest absolute Gasteiger partial charge is 0.459 e. The highest BCUT2D eigenvalue weighted by molar-refractivity contribution is 6.32. The summed E-state index contributed by atoms with van der Waals surface area (Å²) < 4.78 is 4.69. The third-order valence-electron chi connectivity index (χ3n) is 4.08. The molecule has 1 aromatic carbocycles. The maximum absolute atomic E-state index is 11.6. The predicted molar refractivity (Wildman–Crippen MR) is 92.4 cm³/mol. The zero-order valence-electron chi connectivity index (χ0n) is 14.5. The summed E-state index contributed by atoms with van der Waals surface area (Å²) in [4.78, 5) is 27.7. The van der Waals surface area contributed by atoms with Crippen molar-refractivity contribution < 1.29 is 14.3 Å². The molecular weight excluding hydrogens is 306 g/mol. The number of nitrogens with zero attached hydrogens (tertiary/aromatic N) is 2. The number of amides is 1. The van der Waals surface area contributed by atoms with Crippen LogP contribution in [0.2, 0.25) is 0 Å². The molecule has 0 aromatic heterocycles. The van der Waals surface area contributed by atoms with Gasteiger partial charge >= 0.3 is 11.9 Å². The van der Waals surface area contributed by atoms with E-state index in [9.17, 15) is 9.59 Å². The Balaban J connectivity index is 1.68. The van der Waals surface area contributed by atoms with Crippen molar-refractivity contribution in [3.8, 4) is 0 Å². The fourth-order valence-corrected chi connectivity index (χ4v) is 2.88. The summed E-state index contributed by atoms with van der Waals surface area (Å²) in [7, 11) is 0. The normalized spacial score (nSPS) is 17.2. The average Bonchev–Trinajstić information content (AvgIpc) is 2.57. The first-order valence-electron chi connectivity index (χ1n) is 8.54. The van der Waals surface area contributed by atoms with Gasteiger partial charge in [0.1, 0.15) is 0 Å². The summed E-state index contributed by atoms with van der Waals surface area (Å²) in [5.41, 5.74) is 1.33. The zero-order chi connectivity index (χ0) is 17.4. The number of piperazine rings is 1. The van der Waals surface area contributed by atoms with Crippen molar-refractivity contribution in [1.29, 1.82) is 0 Å². The van der Waals surface area contributed by atoms with Gasteiger partial charge < -0.3 is 10.1 Å². The molecule has 0 spiro atoms. The molecule has 1 fully saturated rings. The molecular formula is C18H27N3O3. The Labute approximate surface area is 143 Å². The van der Waals surface area contributed by atoms with E-state index in [2.05, 4.69) is 39.4 Å². The highest BCUT2D eigenvalue weighted by Crippen LogP contribution is 2.08. The summed E-state index contributed by atoms with van der Waals surface area (Å²) in [5, 5.41) is 2.69. The summed E-state index contributed by atoms with van der Waals surface area (Å²) in [6, 6.07) is 10.4. The lowest BCUT2D eigenvalue weighted by Gasteiger charge is -2.36. The van der Waals surface area contributed by atoms with E-state index < -0.39 is 11.9 Å². The third-order valence-corrected chi connectivity index (χ3v) is 4.08. The second kappa shape index (κ2) is 9.39. The van der Waals surface area contributed by atoms with E-state index in [-0.39, 0.29) is 12.6 Å². The Bertz CT molecular complexity index is 528. The fourth-order valence-electron chi connectivity index (χ4n) is 2.88. The zero-order valence-corrected chi connectivity index (χ0v) is 14.5. The molecule has 6 heteroatoms. The molecule has 2 rings (SSSR count).